The number of hydrogen-bond donors (Lipinski definition) is 0. The molecule has 6 nitrogen and oxygen atoms in total. The van der Waals surface area contributed by atoms with Crippen molar-refractivity contribution in [2.24, 2.45) is 5.92 Å². The lowest BCUT2D eigenvalue weighted by Gasteiger charge is -2.18. The molecule has 0 amide bonds. The molecule has 0 bridgehead atoms. The first kappa shape index (κ1) is 57.4. The van der Waals surface area contributed by atoms with Crippen LogP contribution in [0, 0.1) is 5.92 Å². The summed E-state index contributed by atoms with van der Waals surface area (Å²) in [4.78, 5) is 37.9. The van der Waals surface area contributed by atoms with Crippen molar-refractivity contribution in [3.63, 3.8) is 0 Å². The van der Waals surface area contributed by atoms with E-state index in [-0.39, 0.29) is 31.1 Å². The lowest BCUT2D eigenvalue weighted by atomic mass is 10.0. The van der Waals surface area contributed by atoms with Crippen LogP contribution in [0.25, 0.3) is 0 Å². The Morgan fingerprint density at radius 1 is 0.322 bits per heavy atom. The van der Waals surface area contributed by atoms with E-state index in [2.05, 4.69) is 27.7 Å². The monoisotopic (exact) mass is 835 g/mol. The molecule has 0 saturated carbocycles. The van der Waals surface area contributed by atoms with Gasteiger partial charge in [0.15, 0.2) is 6.10 Å². The van der Waals surface area contributed by atoms with Gasteiger partial charge in [-0.25, -0.2) is 0 Å². The van der Waals surface area contributed by atoms with Crippen LogP contribution in [0.1, 0.15) is 297 Å². The van der Waals surface area contributed by atoms with Gasteiger partial charge < -0.3 is 14.2 Å². The fraction of sp³-hybridized carbons (Fsp3) is 0.943. The lowest BCUT2D eigenvalue weighted by Crippen LogP contribution is -2.30. The van der Waals surface area contributed by atoms with Crippen LogP contribution in [0.2, 0.25) is 0 Å². The number of unbranched alkanes of at least 4 members (excludes halogenated alkanes) is 35. The molecule has 0 aliphatic rings. The van der Waals surface area contributed by atoms with Gasteiger partial charge in [-0.3, -0.25) is 14.4 Å². The topological polar surface area (TPSA) is 78.9 Å². The van der Waals surface area contributed by atoms with Crippen LogP contribution in [0.15, 0.2) is 0 Å². The van der Waals surface area contributed by atoms with Crippen molar-refractivity contribution < 1.29 is 28.6 Å². The summed E-state index contributed by atoms with van der Waals surface area (Å²) < 4.78 is 16.8. The van der Waals surface area contributed by atoms with Crippen molar-refractivity contribution in [1.29, 1.82) is 0 Å². The molecular formula is C53H102O6. The van der Waals surface area contributed by atoms with Crippen LogP contribution >= 0.6 is 0 Å². The molecule has 0 aromatic carbocycles. The van der Waals surface area contributed by atoms with Gasteiger partial charge in [-0.1, -0.05) is 259 Å². The maximum absolute atomic E-state index is 12.7. The molecule has 0 rings (SSSR count). The number of carbonyl (C=O) groups excluding carboxylic acids is 3. The highest BCUT2D eigenvalue weighted by molar-refractivity contribution is 5.71. The van der Waals surface area contributed by atoms with Gasteiger partial charge in [-0.05, 0) is 25.2 Å². The van der Waals surface area contributed by atoms with Crippen molar-refractivity contribution in [2.45, 2.75) is 303 Å². The largest absolute Gasteiger partial charge is 0.462 e. The average Bonchev–Trinajstić information content (AvgIpc) is 3.22. The van der Waals surface area contributed by atoms with E-state index in [4.69, 9.17) is 14.2 Å². The van der Waals surface area contributed by atoms with Gasteiger partial charge in [0.2, 0.25) is 0 Å². The molecule has 0 aromatic rings. The van der Waals surface area contributed by atoms with E-state index >= 15 is 0 Å². The Morgan fingerprint density at radius 2 is 0.559 bits per heavy atom. The minimum Gasteiger partial charge on any atom is -0.462 e. The van der Waals surface area contributed by atoms with Crippen molar-refractivity contribution >= 4 is 17.9 Å². The zero-order chi connectivity index (χ0) is 43.1. The summed E-state index contributed by atoms with van der Waals surface area (Å²) in [5.41, 5.74) is 0. The molecule has 0 heterocycles. The van der Waals surface area contributed by atoms with Crippen molar-refractivity contribution in [2.75, 3.05) is 13.2 Å². The van der Waals surface area contributed by atoms with Crippen LogP contribution in [0.5, 0.6) is 0 Å². The predicted molar refractivity (Wildman–Crippen MR) is 252 cm³/mol. The Morgan fingerprint density at radius 3 is 0.831 bits per heavy atom. The normalized spacial score (nSPS) is 11.9. The van der Waals surface area contributed by atoms with Crippen LogP contribution in [-0.2, 0) is 28.6 Å². The summed E-state index contributed by atoms with van der Waals surface area (Å²) in [6, 6.07) is 0. The Hall–Kier alpha value is -1.59. The first-order valence-electron chi connectivity index (χ1n) is 26.4. The minimum atomic E-state index is -0.761. The van der Waals surface area contributed by atoms with E-state index in [9.17, 15) is 14.4 Å². The third-order valence-corrected chi connectivity index (χ3v) is 12.0. The van der Waals surface area contributed by atoms with Crippen molar-refractivity contribution in [3.8, 4) is 0 Å². The Bertz CT molecular complexity index is 887. The van der Waals surface area contributed by atoms with Gasteiger partial charge in [0.05, 0.1) is 0 Å². The van der Waals surface area contributed by atoms with Crippen LogP contribution in [0.3, 0.4) is 0 Å². The molecular weight excluding hydrogens is 733 g/mol. The van der Waals surface area contributed by atoms with Crippen LogP contribution < -0.4 is 0 Å². The molecule has 0 unspecified atom stereocenters. The minimum absolute atomic E-state index is 0.0639. The molecule has 0 aromatic heterocycles. The standard InChI is InChI=1S/C53H102O6/c1-5-7-9-11-13-15-17-19-20-21-22-23-24-26-28-30-32-37-41-45-52(55)58-48-50(59-53(56)46-42-38-34-33-35-39-43-49(3)4)47-57-51(54)44-40-36-31-29-27-25-18-16-14-12-10-8-6-2/h49-50H,5-48H2,1-4H3/t50-/m0/s1. The number of esters is 3. The summed E-state index contributed by atoms with van der Waals surface area (Å²) in [5.74, 6) is -0.0908. The highest BCUT2D eigenvalue weighted by Gasteiger charge is 2.19. The van der Waals surface area contributed by atoms with E-state index in [0.717, 1.165) is 63.7 Å². The first-order chi connectivity index (χ1) is 28.9. The lowest BCUT2D eigenvalue weighted by molar-refractivity contribution is -0.167. The van der Waals surface area contributed by atoms with Crippen LogP contribution in [0.4, 0.5) is 0 Å². The molecule has 0 aliphatic carbocycles. The summed E-state index contributed by atoms with van der Waals surface area (Å²) >= 11 is 0. The van der Waals surface area contributed by atoms with Gasteiger partial charge in [-0.2, -0.15) is 0 Å². The third kappa shape index (κ3) is 47.3. The molecule has 6 heteroatoms. The summed E-state index contributed by atoms with van der Waals surface area (Å²) in [7, 11) is 0. The number of rotatable bonds is 48. The molecule has 1 atom stereocenters. The van der Waals surface area contributed by atoms with Gasteiger partial charge in [0, 0.05) is 19.3 Å². The Kier molecular flexibility index (Phi) is 46.2. The smallest absolute Gasteiger partial charge is 0.306 e. The second-order valence-corrected chi connectivity index (χ2v) is 18.6. The number of carbonyl (C=O) groups is 3. The van der Waals surface area contributed by atoms with Gasteiger partial charge in [-0.15, -0.1) is 0 Å². The molecule has 59 heavy (non-hydrogen) atoms. The quantitative estimate of drug-likeness (QED) is 0.0345. The summed E-state index contributed by atoms with van der Waals surface area (Å²) in [5, 5.41) is 0. The van der Waals surface area contributed by atoms with Crippen molar-refractivity contribution in [1.82, 2.24) is 0 Å². The van der Waals surface area contributed by atoms with Gasteiger partial charge >= 0.3 is 17.9 Å². The number of ether oxygens (including phenoxy) is 3. The van der Waals surface area contributed by atoms with E-state index in [1.807, 2.05) is 0 Å². The molecule has 0 fully saturated rings. The highest BCUT2D eigenvalue weighted by Crippen LogP contribution is 2.17. The maximum Gasteiger partial charge on any atom is 0.306 e. The molecule has 0 saturated heterocycles. The molecule has 350 valence electrons. The van der Waals surface area contributed by atoms with E-state index in [1.54, 1.807) is 0 Å². The first-order valence-corrected chi connectivity index (χ1v) is 26.4. The highest BCUT2D eigenvalue weighted by atomic mass is 16.6. The van der Waals surface area contributed by atoms with E-state index in [0.29, 0.717) is 19.3 Å². The van der Waals surface area contributed by atoms with E-state index in [1.165, 1.54) is 193 Å². The molecule has 0 spiro atoms. The van der Waals surface area contributed by atoms with Crippen LogP contribution in [-0.4, -0.2) is 37.2 Å². The number of hydrogen-bond acceptors (Lipinski definition) is 6. The predicted octanol–water partition coefficient (Wildman–Crippen LogP) is 17.1. The molecule has 0 radical (unpaired) electrons. The Balaban J connectivity index is 4.19. The zero-order valence-corrected chi connectivity index (χ0v) is 40.2. The van der Waals surface area contributed by atoms with Gasteiger partial charge in [0.1, 0.15) is 13.2 Å². The fourth-order valence-electron chi connectivity index (χ4n) is 8.04. The molecule has 0 aliphatic heterocycles. The van der Waals surface area contributed by atoms with E-state index < -0.39 is 6.10 Å². The molecule has 0 N–H and O–H groups in total. The summed E-state index contributed by atoms with van der Waals surface area (Å²) in [6.07, 6.45) is 49.7. The average molecular weight is 835 g/mol. The SMILES string of the molecule is CCCCCCCCCCCCCCCCCCCCCC(=O)OC[C@H](COC(=O)CCCCCCCCCCCCCCC)OC(=O)CCCCCCCCC(C)C. The fourth-order valence-corrected chi connectivity index (χ4v) is 8.04. The zero-order valence-electron chi connectivity index (χ0n) is 40.2. The Labute approximate surface area is 368 Å². The van der Waals surface area contributed by atoms with Crippen molar-refractivity contribution in [3.05, 3.63) is 0 Å². The summed E-state index contributed by atoms with van der Waals surface area (Å²) in [6.45, 7) is 8.96. The second-order valence-electron chi connectivity index (χ2n) is 18.6. The third-order valence-electron chi connectivity index (χ3n) is 12.0. The van der Waals surface area contributed by atoms with Gasteiger partial charge in [0.25, 0.3) is 0 Å². The maximum atomic E-state index is 12.7. The second kappa shape index (κ2) is 47.5.